The lowest BCUT2D eigenvalue weighted by molar-refractivity contribution is 0.340. The van der Waals surface area contributed by atoms with Crippen molar-refractivity contribution in [3.05, 3.63) is 48.5 Å². The maximum atomic E-state index is 5.57. The Morgan fingerprint density at radius 3 is 1.45 bits per heavy atom. The molecule has 2 nitrogen and oxygen atoms in total. The third-order valence-corrected chi connectivity index (χ3v) is 28.4. The van der Waals surface area contributed by atoms with E-state index in [-0.39, 0.29) is 8.55 Å². The Balaban J connectivity index is 2.30. The smallest absolute Gasteiger partial charge is 0.119 e. The predicted molar refractivity (Wildman–Crippen MR) is 105 cm³/mol. The minimum Gasteiger partial charge on any atom is -0.494 e. The van der Waals surface area contributed by atoms with E-state index < -0.39 is 7.59 Å². The van der Waals surface area contributed by atoms with Gasteiger partial charge in [-0.15, -0.1) is 0 Å². The summed E-state index contributed by atoms with van der Waals surface area (Å²) < 4.78 is 11.1. The van der Waals surface area contributed by atoms with E-state index in [1.165, 1.54) is 9.76 Å². The van der Waals surface area contributed by atoms with Crippen LogP contribution in [0.25, 0.3) is 0 Å². The van der Waals surface area contributed by atoms with E-state index in [1.807, 2.05) is 13.8 Å². The van der Waals surface area contributed by atoms with Crippen LogP contribution < -0.4 is 19.8 Å². The summed E-state index contributed by atoms with van der Waals surface area (Å²) in [5.74, 6) is 1.95. The molecule has 0 saturated carbocycles. The monoisotopic (exact) mass is 346 g/mol. The van der Waals surface area contributed by atoms with Gasteiger partial charge in [0.25, 0.3) is 0 Å². The first kappa shape index (κ1) is 17.1. The van der Waals surface area contributed by atoms with E-state index in [0.29, 0.717) is 0 Å². The normalized spacial score (nSPS) is 12.0. The van der Waals surface area contributed by atoms with E-state index in [1.54, 1.807) is 10.4 Å². The zero-order valence-corrected chi connectivity index (χ0v) is 18.5. The maximum Gasteiger partial charge on any atom is 0.119 e. The molecule has 0 saturated heterocycles. The zero-order valence-electron chi connectivity index (χ0n) is 14.1. The van der Waals surface area contributed by atoms with Gasteiger partial charge in [-0.1, -0.05) is 41.2 Å². The van der Waals surface area contributed by atoms with Gasteiger partial charge in [0.2, 0.25) is 0 Å². The lowest BCUT2D eigenvalue weighted by Crippen LogP contribution is -2.61. The van der Waals surface area contributed by atoms with Crippen molar-refractivity contribution in [2.75, 3.05) is 13.2 Å². The first-order valence-corrected chi connectivity index (χ1v) is 18.6. The number of hydrogen-bond acceptors (Lipinski definition) is 2. The van der Waals surface area contributed by atoms with Gasteiger partial charge in [0.05, 0.1) is 20.8 Å². The first-order chi connectivity index (χ1) is 10.6. The largest absolute Gasteiger partial charge is 0.494 e. The van der Waals surface area contributed by atoms with Gasteiger partial charge in [-0.25, -0.2) is 0 Å². The Labute approximate surface area is 139 Å². The standard InChI is InChI=1S/C17H26O2Si3/c1-4-18-14-6-10-16(11-7-14)22(3,21-20)17-12-8-15(9-13-17)19-5-2/h6-13H,4-5,21H2,1-3,20H3. The van der Waals surface area contributed by atoms with Gasteiger partial charge < -0.3 is 9.47 Å². The molecule has 0 aliphatic heterocycles. The summed E-state index contributed by atoms with van der Waals surface area (Å²) in [6.45, 7) is 8.02. The highest BCUT2D eigenvalue weighted by Crippen LogP contribution is 2.13. The van der Waals surface area contributed by atoms with Crippen LogP contribution in [0.5, 0.6) is 11.5 Å². The van der Waals surface area contributed by atoms with Crippen molar-refractivity contribution in [2.24, 2.45) is 0 Å². The van der Waals surface area contributed by atoms with Crippen LogP contribution in [-0.2, 0) is 0 Å². The van der Waals surface area contributed by atoms with E-state index in [9.17, 15) is 0 Å². The summed E-state index contributed by atoms with van der Waals surface area (Å²) in [5.41, 5.74) is 0. The topological polar surface area (TPSA) is 18.5 Å². The summed E-state index contributed by atoms with van der Waals surface area (Å²) in [4.78, 5) is 0. The molecule has 2 aromatic rings. The molecule has 2 rings (SSSR count). The van der Waals surface area contributed by atoms with Crippen molar-refractivity contribution >= 4 is 36.3 Å². The quantitative estimate of drug-likeness (QED) is 0.685. The molecule has 0 aliphatic rings. The average molecular weight is 347 g/mol. The number of benzene rings is 2. The van der Waals surface area contributed by atoms with Gasteiger partial charge >= 0.3 is 0 Å². The van der Waals surface area contributed by atoms with Gasteiger partial charge in [-0.3, -0.25) is 0 Å². The molecule has 0 spiro atoms. The van der Waals surface area contributed by atoms with Gasteiger partial charge in [0, 0.05) is 8.55 Å². The van der Waals surface area contributed by atoms with Crippen LogP contribution in [0.3, 0.4) is 0 Å². The van der Waals surface area contributed by atoms with Crippen LogP contribution in [0.2, 0.25) is 6.55 Å². The fourth-order valence-electron chi connectivity index (χ4n) is 2.75. The molecule has 0 bridgehead atoms. The Kier molecular flexibility index (Phi) is 6.05. The summed E-state index contributed by atoms with van der Waals surface area (Å²) in [6, 6.07) is 17.7. The van der Waals surface area contributed by atoms with Crippen molar-refractivity contribution < 1.29 is 9.47 Å². The van der Waals surface area contributed by atoms with E-state index in [0.717, 1.165) is 24.7 Å². The number of ether oxygens (including phenoxy) is 2. The summed E-state index contributed by atoms with van der Waals surface area (Å²) >= 11 is 0. The van der Waals surface area contributed by atoms with E-state index in [2.05, 4.69) is 55.1 Å². The lowest BCUT2D eigenvalue weighted by atomic mass is 10.3. The molecule has 2 aromatic carbocycles. The molecule has 0 fully saturated rings. The van der Waals surface area contributed by atoms with Gasteiger partial charge in [-0.05, 0) is 47.9 Å². The average Bonchev–Trinajstić information content (AvgIpc) is 2.56. The van der Waals surface area contributed by atoms with Crippen molar-refractivity contribution in [3.8, 4) is 11.5 Å². The minimum atomic E-state index is -1.48. The van der Waals surface area contributed by atoms with Crippen LogP contribution in [0.1, 0.15) is 13.8 Å². The Morgan fingerprint density at radius 1 is 0.818 bits per heavy atom. The van der Waals surface area contributed by atoms with Crippen LogP contribution in [0, 0.1) is 0 Å². The molecule has 0 aliphatic carbocycles. The van der Waals surface area contributed by atoms with Crippen LogP contribution in [0.4, 0.5) is 0 Å². The Bertz CT molecular complexity index is 532. The molecule has 118 valence electrons. The van der Waals surface area contributed by atoms with Crippen LogP contribution in [0.15, 0.2) is 48.5 Å². The van der Waals surface area contributed by atoms with Crippen molar-refractivity contribution in [3.63, 3.8) is 0 Å². The Morgan fingerprint density at radius 2 is 1.18 bits per heavy atom. The van der Waals surface area contributed by atoms with Crippen LogP contribution >= 0.6 is 0 Å². The van der Waals surface area contributed by atoms with Crippen molar-refractivity contribution in [1.82, 2.24) is 0 Å². The second kappa shape index (κ2) is 7.80. The lowest BCUT2D eigenvalue weighted by Gasteiger charge is -2.27. The fraction of sp³-hybridized carbons (Fsp3) is 0.294. The summed E-state index contributed by atoms with van der Waals surface area (Å²) in [6.07, 6.45) is 0. The molecule has 0 atom stereocenters. The minimum absolute atomic E-state index is 0.0165. The molecule has 0 heterocycles. The molecule has 0 N–H and O–H groups in total. The predicted octanol–water partition coefficient (Wildman–Crippen LogP) is 0.623. The molecule has 0 unspecified atom stereocenters. The Hall–Kier alpha value is -1.31. The van der Waals surface area contributed by atoms with Crippen molar-refractivity contribution in [1.29, 1.82) is 0 Å². The first-order valence-electron chi connectivity index (χ1n) is 8.10. The molecular weight excluding hydrogens is 320 g/mol. The highest BCUT2D eigenvalue weighted by Gasteiger charge is 2.29. The fourth-order valence-corrected chi connectivity index (χ4v) is 16.9. The highest BCUT2D eigenvalue weighted by molar-refractivity contribution is 7.48. The summed E-state index contributed by atoms with van der Waals surface area (Å²) in [7, 11) is -0.140. The van der Waals surface area contributed by atoms with E-state index >= 15 is 0 Å². The third-order valence-electron chi connectivity index (χ3n) is 4.31. The highest BCUT2D eigenvalue weighted by atomic mass is 29.5. The number of hydrogen-bond donors (Lipinski definition) is 0. The second-order valence-electron chi connectivity index (χ2n) is 5.60. The molecule has 22 heavy (non-hydrogen) atoms. The SMILES string of the molecule is CCOc1ccc([Si](C)([SiH2][SiH3])c2ccc(OCC)cc2)cc1. The van der Waals surface area contributed by atoms with Crippen LogP contribution in [-0.4, -0.2) is 39.1 Å². The molecule has 0 amide bonds. The molecule has 5 heteroatoms. The number of rotatable bonds is 7. The van der Waals surface area contributed by atoms with Gasteiger partial charge in [0.1, 0.15) is 11.5 Å². The zero-order chi connectivity index (χ0) is 16.0. The third kappa shape index (κ3) is 3.71. The maximum absolute atomic E-state index is 5.57. The van der Waals surface area contributed by atoms with Crippen molar-refractivity contribution in [2.45, 2.75) is 20.4 Å². The van der Waals surface area contributed by atoms with Gasteiger partial charge in [0.15, 0.2) is 0 Å². The summed E-state index contributed by atoms with van der Waals surface area (Å²) in [5, 5.41) is 3.09. The van der Waals surface area contributed by atoms with E-state index in [4.69, 9.17) is 9.47 Å². The second-order valence-corrected chi connectivity index (χ2v) is 22.9. The molecule has 0 aromatic heterocycles. The molecular formula is C17H26O2Si3. The molecule has 0 radical (unpaired) electrons. The van der Waals surface area contributed by atoms with Gasteiger partial charge in [-0.2, -0.15) is 0 Å².